The van der Waals surface area contributed by atoms with Crippen LogP contribution in [-0.4, -0.2) is 83.0 Å². The summed E-state index contributed by atoms with van der Waals surface area (Å²) in [6, 6.07) is 20.3. The highest BCUT2D eigenvalue weighted by atomic mass is 16.6. The van der Waals surface area contributed by atoms with Crippen LogP contribution in [-0.2, 0) is 41.7 Å². The van der Waals surface area contributed by atoms with Crippen LogP contribution in [0.25, 0.3) is 11.1 Å². The molecule has 0 aliphatic carbocycles. The Bertz CT molecular complexity index is 1810. The number of carbonyl (C=O) groups excluding carboxylic acids is 6. The Balaban J connectivity index is 1.95. The molecular formula is C43H58N6O8. The number of unbranched alkanes of at least 4 members (excludes halogenated alkanes) is 2. The zero-order valence-corrected chi connectivity index (χ0v) is 33.5. The fourth-order valence-corrected chi connectivity index (χ4v) is 6.29. The van der Waals surface area contributed by atoms with Gasteiger partial charge in [0.2, 0.25) is 29.5 Å². The molecule has 14 nitrogen and oxygen atoms in total. The molecule has 3 aromatic carbocycles. The molecule has 0 bridgehead atoms. The molecule has 0 saturated carbocycles. The number of hydrogen-bond donors (Lipinski definition) is 6. The molecule has 0 aliphatic heterocycles. The van der Waals surface area contributed by atoms with Crippen molar-refractivity contribution >= 4 is 35.6 Å². The third-order valence-electron chi connectivity index (χ3n) is 9.83. The second kappa shape index (κ2) is 22.3. The highest BCUT2D eigenvalue weighted by molar-refractivity contribution is 6.00. The number of carbonyl (C=O) groups is 6. The molecule has 0 spiro atoms. The second-order valence-corrected chi connectivity index (χ2v) is 14.7. The molecule has 3 aromatic rings. The zero-order chi connectivity index (χ0) is 42.1. The van der Waals surface area contributed by atoms with Crippen molar-refractivity contribution in [2.75, 3.05) is 13.2 Å². The zero-order valence-electron chi connectivity index (χ0n) is 33.5. The number of aliphatic hydroxyl groups excluding tert-OH is 1. The van der Waals surface area contributed by atoms with E-state index in [-0.39, 0.29) is 19.4 Å². The summed E-state index contributed by atoms with van der Waals surface area (Å²) in [7, 11) is 0. The van der Waals surface area contributed by atoms with Crippen molar-refractivity contribution in [1.82, 2.24) is 20.9 Å². The Morgan fingerprint density at radius 2 is 1.42 bits per heavy atom. The first-order valence-electron chi connectivity index (χ1n) is 19.4. The van der Waals surface area contributed by atoms with Gasteiger partial charge in [-0.25, -0.2) is 9.69 Å². The van der Waals surface area contributed by atoms with E-state index in [4.69, 9.17) is 16.2 Å². The maximum absolute atomic E-state index is 14.1. The van der Waals surface area contributed by atoms with Gasteiger partial charge in [-0.05, 0) is 54.9 Å². The second-order valence-electron chi connectivity index (χ2n) is 14.7. The summed E-state index contributed by atoms with van der Waals surface area (Å²) in [5.41, 5.74) is 14.0. The molecule has 5 atom stereocenters. The number of benzene rings is 3. The molecule has 0 radical (unpaired) electrons. The molecule has 0 aromatic heterocycles. The summed E-state index contributed by atoms with van der Waals surface area (Å²) in [4.78, 5) is 80.9. The van der Waals surface area contributed by atoms with E-state index < -0.39 is 84.3 Å². The normalized spacial score (nSPS) is 14.3. The number of ether oxygens (including phenoxy) is 1. The van der Waals surface area contributed by atoms with E-state index in [9.17, 15) is 33.9 Å². The van der Waals surface area contributed by atoms with E-state index in [2.05, 4.69) is 16.0 Å². The molecule has 14 heteroatoms. The van der Waals surface area contributed by atoms with Gasteiger partial charge in [-0.15, -0.1) is 0 Å². The number of imide groups is 2. The predicted molar refractivity (Wildman–Crippen MR) is 217 cm³/mol. The molecular weight excluding hydrogens is 729 g/mol. The quantitative estimate of drug-likeness (QED) is 0.0914. The van der Waals surface area contributed by atoms with Crippen molar-refractivity contribution in [3.8, 4) is 11.1 Å². The van der Waals surface area contributed by atoms with Gasteiger partial charge >= 0.3 is 6.09 Å². The lowest BCUT2D eigenvalue weighted by Gasteiger charge is -2.38. The van der Waals surface area contributed by atoms with Crippen LogP contribution < -0.4 is 27.4 Å². The van der Waals surface area contributed by atoms with Crippen LogP contribution in [0.3, 0.4) is 0 Å². The number of nitrogens with one attached hydrogen (secondary N) is 3. The Hall–Kier alpha value is -5.44. The van der Waals surface area contributed by atoms with Crippen LogP contribution in [0.4, 0.5) is 4.79 Å². The minimum Gasteiger partial charge on any atom is -0.444 e. The fourth-order valence-electron chi connectivity index (χ4n) is 6.29. The molecule has 6 amide bonds. The highest BCUT2D eigenvalue weighted by Crippen LogP contribution is 2.32. The summed E-state index contributed by atoms with van der Waals surface area (Å²) in [6.45, 7) is 6.81. The minimum absolute atomic E-state index is 0.0339. The maximum atomic E-state index is 14.1. The average molecular weight is 787 g/mol. The van der Waals surface area contributed by atoms with E-state index in [1.165, 1.54) is 13.8 Å². The molecule has 8 N–H and O–H groups in total. The maximum Gasteiger partial charge on any atom is 0.417 e. The Morgan fingerprint density at radius 3 is 2.02 bits per heavy atom. The van der Waals surface area contributed by atoms with Crippen LogP contribution in [0.1, 0.15) is 71.4 Å². The first-order valence-corrected chi connectivity index (χ1v) is 19.4. The van der Waals surface area contributed by atoms with Gasteiger partial charge in [0.05, 0.1) is 18.7 Å². The van der Waals surface area contributed by atoms with Crippen molar-refractivity contribution in [2.45, 2.75) is 97.5 Å². The number of rotatable bonds is 20. The predicted octanol–water partition coefficient (Wildman–Crippen LogP) is 3.58. The van der Waals surface area contributed by atoms with Crippen LogP contribution in [0.2, 0.25) is 0 Å². The van der Waals surface area contributed by atoms with Crippen LogP contribution in [0.15, 0.2) is 84.9 Å². The topological polar surface area (TPSA) is 223 Å². The summed E-state index contributed by atoms with van der Waals surface area (Å²) >= 11 is 0. The monoisotopic (exact) mass is 786 g/mol. The molecule has 57 heavy (non-hydrogen) atoms. The summed E-state index contributed by atoms with van der Waals surface area (Å²) in [5, 5.41) is 19.0. The summed E-state index contributed by atoms with van der Waals surface area (Å²) in [5.74, 6) is -4.10. The third-order valence-corrected chi connectivity index (χ3v) is 9.83. The number of nitrogens with two attached hydrogens (primary N) is 2. The van der Waals surface area contributed by atoms with Gasteiger partial charge in [0.15, 0.2) is 0 Å². The van der Waals surface area contributed by atoms with Gasteiger partial charge < -0.3 is 31.9 Å². The average Bonchev–Trinajstić information content (AvgIpc) is 3.20. The lowest BCUT2D eigenvalue weighted by molar-refractivity contribution is -0.139. The van der Waals surface area contributed by atoms with Crippen LogP contribution in [0, 0.1) is 11.3 Å². The molecule has 3 unspecified atom stereocenters. The summed E-state index contributed by atoms with van der Waals surface area (Å²) in [6.07, 6.45) is 1.36. The smallest absolute Gasteiger partial charge is 0.417 e. The van der Waals surface area contributed by atoms with Crippen LogP contribution in [0.5, 0.6) is 0 Å². The van der Waals surface area contributed by atoms with Gasteiger partial charge in [0.25, 0.3) is 0 Å². The first kappa shape index (κ1) is 45.9. The largest absolute Gasteiger partial charge is 0.444 e. The molecule has 3 rings (SSSR count). The van der Waals surface area contributed by atoms with Crippen molar-refractivity contribution in [3.05, 3.63) is 96.1 Å². The van der Waals surface area contributed by atoms with Crippen molar-refractivity contribution in [3.63, 3.8) is 0 Å². The SMILES string of the molecule is CCCCCC(=O)NC(=O)C(NC(=O)C(N)C(CO)(CNC(=O)[C@H](C)N(C(=O)OCc1ccccc1)C(=O)[C@H](C)N)Cc1ccccc1-c1ccccc1)C(C)C. The fraction of sp³-hybridized carbons (Fsp3) is 0.442. The van der Waals surface area contributed by atoms with E-state index >= 15 is 0 Å². The summed E-state index contributed by atoms with van der Waals surface area (Å²) < 4.78 is 5.39. The van der Waals surface area contributed by atoms with Gasteiger partial charge in [0.1, 0.15) is 18.7 Å². The van der Waals surface area contributed by atoms with Gasteiger partial charge in [-0.1, -0.05) is 119 Å². The number of aliphatic hydroxyl groups is 1. The van der Waals surface area contributed by atoms with Crippen molar-refractivity contribution in [1.29, 1.82) is 0 Å². The van der Waals surface area contributed by atoms with Crippen molar-refractivity contribution < 1.29 is 38.6 Å². The van der Waals surface area contributed by atoms with E-state index in [1.807, 2.05) is 55.5 Å². The van der Waals surface area contributed by atoms with Gasteiger partial charge in [0, 0.05) is 18.4 Å². The highest BCUT2D eigenvalue weighted by Gasteiger charge is 2.44. The van der Waals surface area contributed by atoms with Gasteiger partial charge in [-0.3, -0.25) is 29.3 Å². The lowest BCUT2D eigenvalue weighted by atomic mass is 9.74. The Morgan fingerprint density at radius 1 is 0.807 bits per heavy atom. The third kappa shape index (κ3) is 13.1. The Kier molecular flexibility index (Phi) is 18.0. The minimum atomic E-state index is -1.61. The number of nitrogens with zero attached hydrogens (tertiary/aromatic N) is 1. The lowest BCUT2D eigenvalue weighted by Crippen LogP contribution is -2.63. The standard InChI is InChI=1S/C43H58N6O8/c1-6-7-10-23-35(51)47-39(53)36(28(2)3)48-40(54)37(45)43(27-50,24-33-21-15-16-22-34(33)32-19-13-9-14-20-32)26-46-38(52)30(5)49(41(55)29(4)44)42(56)57-25-31-17-11-8-12-18-31/h8-9,11-22,28-30,36-37,50H,6-7,10,23-27,44-45H2,1-5H3,(H,46,52)(H,48,54)(H,47,51,53)/t29-,30-,36?,37?,43?/m0/s1. The molecule has 0 heterocycles. The first-order chi connectivity index (χ1) is 27.1. The molecule has 0 fully saturated rings. The van der Waals surface area contributed by atoms with E-state index in [0.717, 1.165) is 24.0 Å². The van der Waals surface area contributed by atoms with Gasteiger partial charge in [-0.2, -0.15) is 0 Å². The number of amides is 6. The van der Waals surface area contributed by atoms with E-state index in [1.54, 1.807) is 50.2 Å². The number of hydrogen-bond acceptors (Lipinski definition) is 10. The van der Waals surface area contributed by atoms with E-state index in [0.29, 0.717) is 22.4 Å². The molecule has 0 saturated heterocycles. The van der Waals surface area contributed by atoms with Crippen LogP contribution >= 0.6 is 0 Å². The Labute approximate surface area is 335 Å². The molecule has 0 aliphatic rings. The molecule has 308 valence electrons. The van der Waals surface area contributed by atoms with Crippen molar-refractivity contribution in [2.24, 2.45) is 22.8 Å².